The molecule has 1 heteroatoms. The highest BCUT2D eigenvalue weighted by Crippen LogP contribution is 2.22. The minimum Gasteiger partial charge on any atom is -0.0648 e. The molecule has 1 atom stereocenters. The van der Waals surface area contributed by atoms with Crippen molar-refractivity contribution in [2.75, 3.05) is 11.5 Å². The summed E-state index contributed by atoms with van der Waals surface area (Å²) in [5.41, 5.74) is 3.05. The lowest BCUT2D eigenvalue weighted by Crippen LogP contribution is -2.06. The normalized spacial score (nSPS) is 18.9. The molecular weight excluding hydrogens is 212 g/mol. The van der Waals surface area contributed by atoms with Crippen LogP contribution in [0.25, 0.3) is 0 Å². The molecule has 16 heavy (non-hydrogen) atoms. The van der Waals surface area contributed by atoms with Gasteiger partial charge < -0.3 is 0 Å². The maximum Gasteiger partial charge on any atom is 0.133 e. The van der Waals surface area contributed by atoms with Crippen molar-refractivity contribution in [2.24, 2.45) is 0 Å². The Hall–Kier alpha value is -0.430. The maximum atomic E-state index is 2.35. The molecule has 1 aliphatic heterocycles. The molecule has 0 spiro atoms. The van der Waals surface area contributed by atoms with E-state index in [1.165, 1.54) is 42.1 Å². The zero-order chi connectivity index (χ0) is 11.4. The molecular formula is C15H23S+. The summed E-state index contributed by atoms with van der Waals surface area (Å²) in [6.07, 6.45) is 4.17. The fourth-order valence-electron chi connectivity index (χ4n) is 2.27. The summed E-state index contributed by atoms with van der Waals surface area (Å²) in [6, 6.07) is 9.38. The monoisotopic (exact) mass is 235 g/mol. The van der Waals surface area contributed by atoms with Crippen molar-refractivity contribution < 1.29 is 0 Å². The van der Waals surface area contributed by atoms with Crippen LogP contribution < -0.4 is 0 Å². The van der Waals surface area contributed by atoms with Crippen LogP contribution in [0.3, 0.4) is 0 Å². The van der Waals surface area contributed by atoms with E-state index in [0.717, 1.165) is 0 Å². The van der Waals surface area contributed by atoms with E-state index in [-0.39, 0.29) is 0 Å². The third kappa shape index (κ3) is 3.04. The van der Waals surface area contributed by atoms with E-state index < -0.39 is 0 Å². The van der Waals surface area contributed by atoms with Gasteiger partial charge in [0.1, 0.15) is 17.3 Å². The molecule has 2 rings (SSSR count). The van der Waals surface area contributed by atoms with Gasteiger partial charge in [-0.2, -0.15) is 0 Å². The van der Waals surface area contributed by atoms with Crippen molar-refractivity contribution >= 4 is 10.9 Å². The average molecular weight is 235 g/mol. The van der Waals surface area contributed by atoms with E-state index in [4.69, 9.17) is 0 Å². The van der Waals surface area contributed by atoms with Crippen molar-refractivity contribution in [3.63, 3.8) is 0 Å². The van der Waals surface area contributed by atoms with Gasteiger partial charge in [0, 0.05) is 5.56 Å². The van der Waals surface area contributed by atoms with E-state index in [0.29, 0.717) is 16.8 Å². The van der Waals surface area contributed by atoms with E-state index in [2.05, 4.69) is 38.1 Å². The summed E-state index contributed by atoms with van der Waals surface area (Å²) in [6.45, 7) is 4.58. The van der Waals surface area contributed by atoms with E-state index in [9.17, 15) is 0 Å². The van der Waals surface area contributed by atoms with Crippen LogP contribution in [0.2, 0.25) is 0 Å². The molecule has 0 radical (unpaired) electrons. The fraction of sp³-hybridized carbons (Fsp3) is 0.600. The van der Waals surface area contributed by atoms with Gasteiger partial charge in [0.05, 0.1) is 0 Å². The van der Waals surface area contributed by atoms with Crippen molar-refractivity contribution in [1.82, 2.24) is 0 Å². The third-order valence-corrected chi connectivity index (χ3v) is 6.12. The topological polar surface area (TPSA) is 0 Å². The number of hydrogen-bond acceptors (Lipinski definition) is 0. The van der Waals surface area contributed by atoms with E-state index >= 15 is 0 Å². The standard InChI is InChI=1S/C15H23S/c1-3-13(2)15-8-6-14(7-9-15)12-16-10-4-5-11-16/h6-9,13H,3-5,10-12H2,1-2H3/q+1. The molecule has 0 aliphatic carbocycles. The third-order valence-electron chi connectivity index (χ3n) is 3.65. The van der Waals surface area contributed by atoms with Crippen LogP contribution in [0.4, 0.5) is 0 Å². The minimum absolute atomic E-state index is 0.703. The second kappa shape index (κ2) is 5.77. The van der Waals surface area contributed by atoms with Gasteiger partial charge in [-0.05, 0) is 41.6 Å². The van der Waals surface area contributed by atoms with Crippen molar-refractivity contribution in [1.29, 1.82) is 0 Å². The number of rotatable bonds is 4. The SMILES string of the molecule is CCC(C)c1ccc(C[S+]2CCCC2)cc1. The Morgan fingerprint density at radius 1 is 1.12 bits per heavy atom. The summed E-state index contributed by atoms with van der Waals surface area (Å²) < 4.78 is 0. The first-order valence-electron chi connectivity index (χ1n) is 6.52. The van der Waals surface area contributed by atoms with Crippen LogP contribution in [0.15, 0.2) is 24.3 Å². The zero-order valence-electron chi connectivity index (χ0n) is 10.5. The molecule has 0 saturated carbocycles. The van der Waals surface area contributed by atoms with Gasteiger partial charge in [0.2, 0.25) is 0 Å². The minimum atomic E-state index is 0.703. The van der Waals surface area contributed by atoms with Crippen molar-refractivity contribution in [2.45, 2.75) is 44.8 Å². The molecule has 0 N–H and O–H groups in total. The first-order chi connectivity index (χ1) is 7.79. The molecule has 1 heterocycles. The summed E-state index contributed by atoms with van der Waals surface area (Å²) in [5, 5.41) is 0. The summed E-state index contributed by atoms with van der Waals surface area (Å²) >= 11 is 0. The molecule has 1 saturated heterocycles. The van der Waals surface area contributed by atoms with E-state index in [1.807, 2.05) is 0 Å². The second-order valence-corrected chi connectivity index (χ2v) is 7.25. The Morgan fingerprint density at radius 3 is 2.31 bits per heavy atom. The van der Waals surface area contributed by atoms with Crippen LogP contribution in [0.5, 0.6) is 0 Å². The van der Waals surface area contributed by atoms with Gasteiger partial charge in [-0.3, -0.25) is 0 Å². The fourth-order valence-corrected chi connectivity index (χ4v) is 4.65. The smallest absolute Gasteiger partial charge is 0.0648 e. The van der Waals surface area contributed by atoms with Crippen LogP contribution in [-0.4, -0.2) is 11.5 Å². The van der Waals surface area contributed by atoms with Gasteiger partial charge >= 0.3 is 0 Å². The lowest BCUT2D eigenvalue weighted by molar-refractivity contribution is 0.733. The highest BCUT2D eigenvalue weighted by atomic mass is 32.2. The van der Waals surface area contributed by atoms with Gasteiger partial charge in [-0.15, -0.1) is 0 Å². The Labute approximate surface area is 103 Å². The lowest BCUT2D eigenvalue weighted by atomic mass is 9.98. The Balaban J connectivity index is 1.96. The quantitative estimate of drug-likeness (QED) is 0.689. The van der Waals surface area contributed by atoms with E-state index in [1.54, 1.807) is 5.56 Å². The summed E-state index contributed by atoms with van der Waals surface area (Å²) in [5.74, 6) is 5.00. The lowest BCUT2D eigenvalue weighted by Gasteiger charge is -2.09. The Kier molecular flexibility index (Phi) is 4.34. The Bertz CT molecular complexity index is 309. The van der Waals surface area contributed by atoms with Gasteiger partial charge in [0.25, 0.3) is 0 Å². The summed E-state index contributed by atoms with van der Waals surface area (Å²) in [7, 11) is 0.703. The summed E-state index contributed by atoms with van der Waals surface area (Å²) in [4.78, 5) is 0. The molecule has 1 aromatic carbocycles. The highest BCUT2D eigenvalue weighted by molar-refractivity contribution is 7.96. The van der Waals surface area contributed by atoms with Gasteiger partial charge in [-0.25, -0.2) is 0 Å². The van der Waals surface area contributed by atoms with Gasteiger partial charge in [-0.1, -0.05) is 38.1 Å². The molecule has 1 unspecified atom stereocenters. The molecule has 1 aliphatic rings. The second-order valence-electron chi connectivity index (χ2n) is 4.92. The number of hydrogen-bond donors (Lipinski definition) is 0. The molecule has 1 fully saturated rings. The first kappa shape index (κ1) is 12.0. The average Bonchev–Trinajstić information content (AvgIpc) is 2.82. The van der Waals surface area contributed by atoms with Crippen LogP contribution in [-0.2, 0) is 16.6 Å². The van der Waals surface area contributed by atoms with Crippen molar-refractivity contribution in [3.05, 3.63) is 35.4 Å². The molecule has 0 amide bonds. The van der Waals surface area contributed by atoms with Gasteiger partial charge in [0.15, 0.2) is 0 Å². The first-order valence-corrected chi connectivity index (χ1v) is 8.25. The maximum absolute atomic E-state index is 2.35. The largest absolute Gasteiger partial charge is 0.133 e. The molecule has 0 aromatic heterocycles. The Morgan fingerprint density at radius 2 is 1.75 bits per heavy atom. The molecule has 88 valence electrons. The molecule has 0 nitrogen and oxygen atoms in total. The predicted octanol–water partition coefficient (Wildman–Crippen LogP) is 4.11. The van der Waals surface area contributed by atoms with Crippen LogP contribution >= 0.6 is 0 Å². The number of benzene rings is 1. The van der Waals surface area contributed by atoms with Crippen molar-refractivity contribution in [3.8, 4) is 0 Å². The zero-order valence-corrected chi connectivity index (χ0v) is 11.4. The highest BCUT2D eigenvalue weighted by Gasteiger charge is 2.23. The predicted molar refractivity (Wildman–Crippen MR) is 75.2 cm³/mol. The molecule has 0 bridgehead atoms. The molecule has 1 aromatic rings. The van der Waals surface area contributed by atoms with Crippen LogP contribution in [0, 0.1) is 0 Å². The van der Waals surface area contributed by atoms with Crippen LogP contribution in [0.1, 0.15) is 50.2 Å².